The van der Waals surface area contributed by atoms with Gasteiger partial charge in [0.15, 0.2) is 5.96 Å². The van der Waals surface area contributed by atoms with Crippen LogP contribution in [0.3, 0.4) is 0 Å². The Morgan fingerprint density at radius 3 is 2.62 bits per heavy atom. The van der Waals surface area contributed by atoms with E-state index in [9.17, 15) is 8.78 Å². The molecule has 0 aliphatic carbocycles. The molecule has 1 aromatic heterocycles. The zero-order valence-electron chi connectivity index (χ0n) is 13.4. The number of furan rings is 1. The van der Waals surface area contributed by atoms with Gasteiger partial charge in [0.2, 0.25) is 0 Å². The van der Waals surface area contributed by atoms with E-state index in [1.807, 2.05) is 13.0 Å². The Morgan fingerprint density at radius 1 is 1.25 bits per heavy atom. The Morgan fingerprint density at radius 2 is 2.00 bits per heavy atom. The van der Waals surface area contributed by atoms with E-state index in [-0.39, 0.29) is 29.7 Å². The fraction of sp³-hybridized carbons (Fsp3) is 0.312. The SMILES string of the molecule is CN=C(NCc1ccco1)NCc1cc(C)ccc1OC(F)F.I. The van der Waals surface area contributed by atoms with Gasteiger partial charge in [0.05, 0.1) is 12.8 Å². The first-order chi connectivity index (χ1) is 11.1. The van der Waals surface area contributed by atoms with Crippen molar-refractivity contribution in [3.8, 4) is 5.75 Å². The van der Waals surface area contributed by atoms with Gasteiger partial charge in [-0.2, -0.15) is 8.78 Å². The summed E-state index contributed by atoms with van der Waals surface area (Å²) in [5.74, 6) is 1.45. The Kier molecular flexibility index (Phi) is 8.51. The molecule has 0 radical (unpaired) electrons. The van der Waals surface area contributed by atoms with Crippen molar-refractivity contribution in [3.63, 3.8) is 0 Å². The first-order valence-electron chi connectivity index (χ1n) is 7.09. The average Bonchev–Trinajstić information content (AvgIpc) is 3.03. The smallest absolute Gasteiger partial charge is 0.387 e. The highest BCUT2D eigenvalue weighted by Crippen LogP contribution is 2.21. The first-order valence-corrected chi connectivity index (χ1v) is 7.09. The third-order valence-corrected chi connectivity index (χ3v) is 3.11. The number of hydrogen-bond donors (Lipinski definition) is 2. The highest BCUT2D eigenvalue weighted by Gasteiger charge is 2.10. The van der Waals surface area contributed by atoms with Crippen LogP contribution in [0, 0.1) is 6.92 Å². The molecule has 1 aromatic carbocycles. The molecule has 8 heteroatoms. The molecular weight excluding hydrogens is 431 g/mol. The molecule has 2 rings (SSSR count). The van der Waals surface area contributed by atoms with Gasteiger partial charge in [-0.25, -0.2) is 0 Å². The molecule has 0 atom stereocenters. The van der Waals surface area contributed by atoms with Gasteiger partial charge in [-0.15, -0.1) is 24.0 Å². The maximum Gasteiger partial charge on any atom is 0.387 e. The highest BCUT2D eigenvalue weighted by atomic mass is 127. The number of hydrogen-bond acceptors (Lipinski definition) is 3. The molecule has 0 unspecified atom stereocenters. The summed E-state index contributed by atoms with van der Waals surface area (Å²) in [6.45, 7) is -0.185. The number of aliphatic imine (C=N–C) groups is 1. The van der Waals surface area contributed by atoms with Crippen LogP contribution in [0.5, 0.6) is 5.75 Å². The second kappa shape index (κ2) is 10.1. The van der Waals surface area contributed by atoms with Gasteiger partial charge in [0.1, 0.15) is 11.5 Å². The molecule has 0 bridgehead atoms. The van der Waals surface area contributed by atoms with E-state index in [0.29, 0.717) is 24.6 Å². The van der Waals surface area contributed by atoms with Crippen molar-refractivity contribution in [2.45, 2.75) is 26.6 Å². The fourth-order valence-corrected chi connectivity index (χ4v) is 2.04. The molecule has 5 nitrogen and oxygen atoms in total. The van der Waals surface area contributed by atoms with E-state index in [1.54, 1.807) is 31.5 Å². The number of halogens is 3. The summed E-state index contributed by atoms with van der Waals surface area (Å²) < 4.78 is 34.7. The zero-order valence-corrected chi connectivity index (χ0v) is 15.7. The third-order valence-electron chi connectivity index (χ3n) is 3.11. The highest BCUT2D eigenvalue weighted by molar-refractivity contribution is 14.0. The van der Waals surface area contributed by atoms with Crippen LogP contribution >= 0.6 is 24.0 Å². The second-order valence-electron chi connectivity index (χ2n) is 4.85. The molecule has 132 valence electrons. The average molecular weight is 451 g/mol. The Hall–Kier alpha value is -1.84. The number of rotatable bonds is 6. The van der Waals surface area contributed by atoms with Crippen molar-refractivity contribution >= 4 is 29.9 Å². The Balaban J connectivity index is 0.00000288. The molecule has 24 heavy (non-hydrogen) atoms. The quantitative estimate of drug-likeness (QED) is 0.400. The van der Waals surface area contributed by atoms with Crippen molar-refractivity contribution < 1.29 is 17.9 Å². The number of benzene rings is 1. The van der Waals surface area contributed by atoms with Gasteiger partial charge in [-0.05, 0) is 25.1 Å². The molecule has 2 N–H and O–H groups in total. The topological polar surface area (TPSA) is 58.8 Å². The van der Waals surface area contributed by atoms with Gasteiger partial charge in [0, 0.05) is 19.2 Å². The van der Waals surface area contributed by atoms with Crippen LogP contribution in [0.25, 0.3) is 0 Å². The van der Waals surface area contributed by atoms with E-state index in [2.05, 4.69) is 20.4 Å². The summed E-state index contributed by atoms with van der Waals surface area (Å²) in [6, 6.07) is 8.70. The van der Waals surface area contributed by atoms with Gasteiger partial charge < -0.3 is 19.8 Å². The Bertz CT molecular complexity index is 649. The monoisotopic (exact) mass is 451 g/mol. The van der Waals surface area contributed by atoms with E-state index in [1.165, 1.54) is 6.07 Å². The standard InChI is InChI=1S/C16H19F2N3O2.HI/c1-11-5-6-14(23-15(17)18)12(8-11)9-20-16(19-2)21-10-13-4-3-7-22-13;/h3-8,15H,9-10H2,1-2H3,(H2,19,20,21);1H. The Labute approximate surface area is 156 Å². The molecule has 0 aliphatic heterocycles. The van der Waals surface area contributed by atoms with Crippen molar-refractivity contribution in [1.29, 1.82) is 0 Å². The van der Waals surface area contributed by atoms with Crippen LogP contribution in [0.2, 0.25) is 0 Å². The zero-order chi connectivity index (χ0) is 16.7. The van der Waals surface area contributed by atoms with Crippen molar-refractivity contribution in [3.05, 3.63) is 53.5 Å². The van der Waals surface area contributed by atoms with Crippen molar-refractivity contribution in [2.24, 2.45) is 4.99 Å². The minimum Gasteiger partial charge on any atom is -0.467 e. The largest absolute Gasteiger partial charge is 0.467 e. The summed E-state index contributed by atoms with van der Waals surface area (Å²) in [5, 5.41) is 6.13. The third kappa shape index (κ3) is 6.34. The predicted molar refractivity (Wildman–Crippen MR) is 99.0 cm³/mol. The number of nitrogens with one attached hydrogen (secondary N) is 2. The molecule has 0 aliphatic rings. The number of alkyl halides is 2. The van der Waals surface area contributed by atoms with Gasteiger partial charge >= 0.3 is 6.61 Å². The normalized spacial score (nSPS) is 11.1. The molecule has 0 spiro atoms. The number of aryl methyl sites for hydroxylation is 1. The predicted octanol–water partition coefficient (Wildman–Crippen LogP) is 3.67. The molecule has 2 aromatic rings. The molecule has 0 amide bonds. The fourth-order valence-electron chi connectivity index (χ4n) is 2.04. The first kappa shape index (κ1) is 20.2. The van der Waals surface area contributed by atoms with Gasteiger partial charge in [-0.3, -0.25) is 4.99 Å². The lowest BCUT2D eigenvalue weighted by Crippen LogP contribution is -2.36. The molecule has 0 saturated heterocycles. The summed E-state index contributed by atoms with van der Waals surface area (Å²) in [4.78, 5) is 4.08. The molecule has 0 fully saturated rings. The van der Waals surface area contributed by atoms with Crippen LogP contribution in [0.15, 0.2) is 46.0 Å². The number of guanidine groups is 1. The van der Waals surface area contributed by atoms with E-state index in [0.717, 1.165) is 11.3 Å². The lowest BCUT2D eigenvalue weighted by molar-refractivity contribution is -0.0504. The minimum atomic E-state index is -2.85. The van der Waals surface area contributed by atoms with Crippen molar-refractivity contribution in [1.82, 2.24) is 10.6 Å². The maximum atomic E-state index is 12.5. The maximum absolute atomic E-state index is 12.5. The lowest BCUT2D eigenvalue weighted by atomic mass is 10.1. The van der Waals surface area contributed by atoms with E-state index >= 15 is 0 Å². The minimum absolute atomic E-state index is 0. The number of ether oxygens (including phenoxy) is 1. The van der Waals surface area contributed by atoms with Crippen LogP contribution in [0.4, 0.5) is 8.78 Å². The molecular formula is C16H20F2IN3O2. The van der Waals surface area contributed by atoms with E-state index in [4.69, 9.17) is 4.42 Å². The van der Waals surface area contributed by atoms with Crippen LogP contribution in [-0.4, -0.2) is 19.6 Å². The summed E-state index contributed by atoms with van der Waals surface area (Å²) in [5.41, 5.74) is 1.59. The second-order valence-corrected chi connectivity index (χ2v) is 4.85. The van der Waals surface area contributed by atoms with Crippen LogP contribution < -0.4 is 15.4 Å². The van der Waals surface area contributed by atoms with Crippen molar-refractivity contribution in [2.75, 3.05) is 7.05 Å². The molecule has 0 saturated carbocycles. The van der Waals surface area contributed by atoms with Gasteiger partial charge in [-0.1, -0.05) is 17.7 Å². The summed E-state index contributed by atoms with van der Waals surface area (Å²) >= 11 is 0. The van der Waals surface area contributed by atoms with Crippen LogP contribution in [0.1, 0.15) is 16.9 Å². The number of nitrogens with zero attached hydrogens (tertiary/aromatic N) is 1. The lowest BCUT2D eigenvalue weighted by Gasteiger charge is -2.14. The summed E-state index contributed by atoms with van der Waals surface area (Å²) in [6.07, 6.45) is 1.59. The van der Waals surface area contributed by atoms with E-state index < -0.39 is 6.61 Å². The summed E-state index contributed by atoms with van der Waals surface area (Å²) in [7, 11) is 1.63. The van der Waals surface area contributed by atoms with Crippen LogP contribution in [-0.2, 0) is 13.1 Å². The molecule has 1 heterocycles. The van der Waals surface area contributed by atoms with Gasteiger partial charge in [0.25, 0.3) is 0 Å².